The van der Waals surface area contributed by atoms with Gasteiger partial charge in [0.15, 0.2) is 0 Å². The second kappa shape index (κ2) is 15.2. The maximum absolute atomic E-state index is 2.49. The molecule has 1 aromatic heterocycles. The second-order valence-corrected chi connectivity index (χ2v) is 19.7. The molecule has 0 bridgehead atoms. The first-order chi connectivity index (χ1) is 33.2. The summed E-state index contributed by atoms with van der Waals surface area (Å²) in [6.07, 6.45) is 0. The summed E-state index contributed by atoms with van der Waals surface area (Å²) < 4.78 is 2.38. The Bertz CT molecular complexity index is 3690. The summed E-state index contributed by atoms with van der Waals surface area (Å²) in [5.41, 5.74) is 24.7. The smallest absolute Gasteiger partial charge is 0.0541 e. The maximum atomic E-state index is 2.49. The average Bonchev–Trinajstić information content (AvgIpc) is 3.93. The van der Waals surface area contributed by atoms with Crippen LogP contribution in [0.25, 0.3) is 83.1 Å². The van der Waals surface area contributed by atoms with Gasteiger partial charge in [0.25, 0.3) is 0 Å². The van der Waals surface area contributed by atoms with Crippen molar-refractivity contribution in [3.05, 3.63) is 253 Å². The van der Waals surface area contributed by atoms with Crippen LogP contribution in [0.1, 0.15) is 49.9 Å². The van der Waals surface area contributed by atoms with E-state index in [4.69, 9.17) is 0 Å². The van der Waals surface area contributed by atoms with Crippen molar-refractivity contribution in [2.75, 3.05) is 4.90 Å². The highest BCUT2D eigenvalue weighted by atomic mass is 15.1. The van der Waals surface area contributed by atoms with Gasteiger partial charge in [0.1, 0.15) is 0 Å². The predicted molar refractivity (Wildman–Crippen MR) is 287 cm³/mol. The number of hydrogen-bond donors (Lipinski definition) is 0. The molecule has 68 heavy (non-hydrogen) atoms. The van der Waals surface area contributed by atoms with E-state index in [9.17, 15) is 0 Å². The van der Waals surface area contributed by atoms with Crippen LogP contribution in [-0.2, 0) is 10.8 Å². The Morgan fingerprint density at radius 3 is 1.47 bits per heavy atom. The van der Waals surface area contributed by atoms with E-state index in [1.165, 1.54) is 105 Å². The van der Waals surface area contributed by atoms with Gasteiger partial charge in [-0.25, -0.2) is 0 Å². The van der Waals surface area contributed by atoms with Crippen LogP contribution >= 0.6 is 0 Å². The van der Waals surface area contributed by atoms with Crippen molar-refractivity contribution in [1.82, 2.24) is 4.57 Å². The average molecular weight is 871 g/mol. The van der Waals surface area contributed by atoms with Crippen LogP contribution < -0.4 is 4.90 Å². The van der Waals surface area contributed by atoms with Gasteiger partial charge in [-0.3, -0.25) is 0 Å². The third kappa shape index (κ3) is 6.10. The molecule has 0 N–H and O–H groups in total. The Balaban J connectivity index is 0.963. The summed E-state index contributed by atoms with van der Waals surface area (Å²) in [5, 5.41) is 2.50. The molecule has 0 saturated carbocycles. The Hall–Kier alpha value is -8.20. The molecule has 2 aliphatic rings. The summed E-state index contributed by atoms with van der Waals surface area (Å²) in [4.78, 5) is 2.49. The molecule has 0 fully saturated rings. The predicted octanol–water partition coefficient (Wildman–Crippen LogP) is 17.9. The molecule has 0 radical (unpaired) electrons. The quantitative estimate of drug-likeness (QED) is 0.155. The van der Waals surface area contributed by atoms with Crippen molar-refractivity contribution in [2.24, 2.45) is 0 Å². The first-order valence-corrected chi connectivity index (χ1v) is 23.9. The van der Waals surface area contributed by atoms with Crippen molar-refractivity contribution >= 4 is 38.9 Å². The fraction of sp³-hybridized carbons (Fsp3) is 0.0909. The number of rotatable bonds is 7. The highest BCUT2D eigenvalue weighted by Gasteiger charge is 2.38. The first kappa shape index (κ1) is 40.1. The largest absolute Gasteiger partial charge is 0.310 e. The molecule has 0 unspecified atom stereocenters. The Morgan fingerprint density at radius 1 is 0.294 bits per heavy atom. The standard InChI is InChI=1S/C66H50N2/c1-65(2)59-27-14-11-24-52(59)54-35-32-49(41-61(54)65)67(50-33-36-55-53-25-12-15-28-60(53)66(3,4)62(55)42-50)48-23-17-20-46(38-48)51-34-30-44(39-57(51)43-18-7-5-8-19-43)45-31-37-64-58(40-45)56-26-13-16-29-63(56)68(64)47-21-9-6-10-22-47/h5-42H,1-4H3. The molecule has 11 aromatic rings. The van der Waals surface area contributed by atoms with Crippen LogP contribution in [-0.4, -0.2) is 4.57 Å². The lowest BCUT2D eigenvalue weighted by Crippen LogP contribution is -2.18. The first-order valence-electron chi connectivity index (χ1n) is 23.9. The molecular formula is C66H50N2. The number of nitrogens with zero attached hydrogens (tertiary/aromatic N) is 2. The molecular weight excluding hydrogens is 821 g/mol. The zero-order valence-corrected chi connectivity index (χ0v) is 38.8. The van der Waals surface area contributed by atoms with Crippen molar-refractivity contribution in [1.29, 1.82) is 0 Å². The summed E-state index contributed by atoms with van der Waals surface area (Å²) in [5.74, 6) is 0. The number of hydrogen-bond acceptors (Lipinski definition) is 1. The Kier molecular flexibility index (Phi) is 8.95. The van der Waals surface area contributed by atoms with E-state index in [1.807, 2.05) is 0 Å². The molecule has 1 heterocycles. The van der Waals surface area contributed by atoms with Crippen molar-refractivity contribution in [3.8, 4) is 61.3 Å². The van der Waals surface area contributed by atoms with E-state index in [0.717, 1.165) is 17.1 Å². The summed E-state index contributed by atoms with van der Waals surface area (Å²) in [7, 11) is 0. The molecule has 2 heteroatoms. The number of anilines is 3. The fourth-order valence-corrected chi connectivity index (χ4v) is 11.8. The summed E-state index contributed by atoms with van der Waals surface area (Å²) in [6.45, 7) is 9.49. The van der Waals surface area contributed by atoms with Gasteiger partial charge in [0.05, 0.1) is 11.0 Å². The minimum atomic E-state index is -0.132. The summed E-state index contributed by atoms with van der Waals surface area (Å²) in [6, 6.07) is 85.6. The Morgan fingerprint density at radius 2 is 0.794 bits per heavy atom. The van der Waals surface area contributed by atoms with Crippen molar-refractivity contribution < 1.29 is 0 Å². The lowest BCUT2D eigenvalue weighted by Gasteiger charge is -2.30. The molecule has 13 rings (SSSR count). The highest BCUT2D eigenvalue weighted by Crippen LogP contribution is 2.53. The molecule has 10 aromatic carbocycles. The molecule has 324 valence electrons. The number of aromatic nitrogens is 1. The van der Waals surface area contributed by atoms with Gasteiger partial charge in [-0.2, -0.15) is 0 Å². The SMILES string of the molecule is CC1(C)c2ccccc2-c2ccc(N(c3cccc(-c4ccc(-c5ccc6c(c5)c5ccccc5n6-c5ccccc5)cc4-c4ccccc4)c3)c3ccc4c(c3)C(C)(C)c3ccccc3-4)cc21. The van der Waals surface area contributed by atoms with Gasteiger partial charge in [-0.05, 0) is 151 Å². The molecule has 2 nitrogen and oxygen atoms in total. The zero-order valence-electron chi connectivity index (χ0n) is 38.8. The topological polar surface area (TPSA) is 8.17 Å². The van der Waals surface area contributed by atoms with Crippen molar-refractivity contribution in [3.63, 3.8) is 0 Å². The fourth-order valence-electron chi connectivity index (χ4n) is 11.8. The lowest BCUT2D eigenvalue weighted by molar-refractivity contribution is 0.660. The minimum absolute atomic E-state index is 0.132. The van der Waals surface area contributed by atoms with Crippen LogP contribution in [0.2, 0.25) is 0 Å². The van der Waals surface area contributed by atoms with E-state index in [1.54, 1.807) is 0 Å². The minimum Gasteiger partial charge on any atom is -0.310 e. The van der Waals surface area contributed by atoms with Crippen LogP contribution in [0.5, 0.6) is 0 Å². The van der Waals surface area contributed by atoms with Gasteiger partial charge in [-0.1, -0.05) is 185 Å². The number of para-hydroxylation sites is 2. The number of fused-ring (bicyclic) bond motifs is 9. The summed E-state index contributed by atoms with van der Waals surface area (Å²) >= 11 is 0. The monoisotopic (exact) mass is 870 g/mol. The van der Waals surface area contributed by atoms with Gasteiger partial charge in [0.2, 0.25) is 0 Å². The normalized spacial score (nSPS) is 13.8. The third-order valence-corrected chi connectivity index (χ3v) is 15.2. The third-order valence-electron chi connectivity index (χ3n) is 15.2. The van der Waals surface area contributed by atoms with E-state index in [2.05, 4.69) is 268 Å². The van der Waals surface area contributed by atoms with E-state index in [-0.39, 0.29) is 10.8 Å². The van der Waals surface area contributed by atoms with Crippen molar-refractivity contribution in [2.45, 2.75) is 38.5 Å². The molecule has 0 atom stereocenters. The van der Waals surface area contributed by atoms with E-state index >= 15 is 0 Å². The maximum Gasteiger partial charge on any atom is 0.0541 e. The Labute approximate surface area is 399 Å². The molecule has 0 saturated heterocycles. The highest BCUT2D eigenvalue weighted by molar-refractivity contribution is 6.10. The van der Waals surface area contributed by atoms with E-state index < -0.39 is 0 Å². The van der Waals surface area contributed by atoms with E-state index in [0.29, 0.717) is 0 Å². The van der Waals surface area contributed by atoms with Gasteiger partial charge < -0.3 is 9.47 Å². The second-order valence-electron chi connectivity index (χ2n) is 19.7. The van der Waals surface area contributed by atoms with Gasteiger partial charge in [-0.15, -0.1) is 0 Å². The number of benzene rings is 10. The van der Waals surface area contributed by atoms with Gasteiger partial charge in [0, 0.05) is 44.4 Å². The zero-order chi connectivity index (χ0) is 45.7. The van der Waals surface area contributed by atoms with Crippen LogP contribution in [0, 0.1) is 0 Å². The van der Waals surface area contributed by atoms with Crippen LogP contribution in [0.3, 0.4) is 0 Å². The molecule has 0 amide bonds. The molecule has 0 spiro atoms. The molecule has 2 aliphatic carbocycles. The lowest BCUT2D eigenvalue weighted by atomic mass is 9.82. The van der Waals surface area contributed by atoms with Crippen LogP contribution in [0.15, 0.2) is 231 Å². The van der Waals surface area contributed by atoms with Gasteiger partial charge >= 0.3 is 0 Å². The molecule has 0 aliphatic heterocycles. The van der Waals surface area contributed by atoms with Crippen LogP contribution in [0.4, 0.5) is 17.1 Å².